The van der Waals surface area contributed by atoms with Gasteiger partial charge in [-0.25, -0.2) is 0 Å². The van der Waals surface area contributed by atoms with Crippen molar-refractivity contribution < 1.29 is 25.2 Å². The highest BCUT2D eigenvalue weighted by Crippen LogP contribution is 1.96. The molecule has 0 aliphatic heterocycles. The minimum atomic E-state index is -1.54. The number of carbonyl (C=O) groups is 1. The largest absolute Gasteiger partial charge is 0.396 e. The topological polar surface area (TPSA) is 98.0 Å². The first-order valence-corrected chi connectivity index (χ1v) is 3.25. The number of aliphatic hydroxyl groups is 4. The van der Waals surface area contributed by atoms with Crippen molar-refractivity contribution in [1.29, 1.82) is 0 Å². The third-order valence-electron chi connectivity index (χ3n) is 1.23. The van der Waals surface area contributed by atoms with Crippen LogP contribution in [-0.2, 0) is 4.79 Å². The third kappa shape index (κ3) is 3.43. The Balaban J connectivity index is 3.81. The Morgan fingerprint density at radius 2 is 1.73 bits per heavy atom. The quantitative estimate of drug-likeness (QED) is 0.365. The number of hydrogen-bond acceptors (Lipinski definition) is 5. The molecule has 0 rings (SSSR count). The minimum absolute atomic E-state index is 0.115. The van der Waals surface area contributed by atoms with Gasteiger partial charge in [-0.1, -0.05) is 0 Å². The molecule has 0 fully saturated rings. The van der Waals surface area contributed by atoms with Gasteiger partial charge in [0, 0.05) is 13.0 Å². The molecule has 0 heterocycles. The van der Waals surface area contributed by atoms with E-state index in [4.69, 9.17) is 20.4 Å². The molecular formula is C6H12O5. The van der Waals surface area contributed by atoms with Crippen LogP contribution in [0.3, 0.4) is 0 Å². The molecule has 0 aromatic heterocycles. The van der Waals surface area contributed by atoms with Crippen molar-refractivity contribution in [3.05, 3.63) is 0 Å². The summed E-state index contributed by atoms with van der Waals surface area (Å²) in [6.07, 6.45) is -3.05. The second kappa shape index (κ2) is 5.20. The molecule has 0 bridgehead atoms. The van der Waals surface area contributed by atoms with Gasteiger partial charge in [-0.05, 0) is 0 Å². The summed E-state index contributed by atoms with van der Waals surface area (Å²) in [5, 5.41) is 34.1. The minimum Gasteiger partial charge on any atom is -0.396 e. The van der Waals surface area contributed by atoms with E-state index in [-0.39, 0.29) is 13.0 Å². The van der Waals surface area contributed by atoms with Crippen molar-refractivity contribution in [2.24, 2.45) is 0 Å². The average Bonchev–Trinajstić information content (AvgIpc) is 2.02. The van der Waals surface area contributed by atoms with E-state index in [1.165, 1.54) is 0 Å². The van der Waals surface area contributed by atoms with Crippen molar-refractivity contribution in [1.82, 2.24) is 0 Å². The maximum atomic E-state index is 10.7. The Bertz CT molecular complexity index is 124. The van der Waals surface area contributed by atoms with Gasteiger partial charge in [0.05, 0.1) is 6.61 Å². The Hall–Kier alpha value is -0.490. The van der Waals surface area contributed by atoms with Gasteiger partial charge in [-0.3, -0.25) is 4.79 Å². The molecule has 0 aromatic carbocycles. The lowest BCUT2D eigenvalue weighted by atomic mass is 10.1. The fraction of sp³-hybridized carbons (Fsp3) is 0.833. The van der Waals surface area contributed by atoms with Crippen LogP contribution < -0.4 is 0 Å². The van der Waals surface area contributed by atoms with E-state index in [1.807, 2.05) is 0 Å². The van der Waals surface area contributed by atoms with Gasteiger partial charge in [-0.15, -0.1) is 0 Å². The fourth-order valence-corrected chi connectivity index (χ4v) is 0.577. The number of rotatable bonds is 5. The van der Waals surface area contributed by atoms with E-state index < -0.39 is 24.6 Å². The summed E-state index contributed by atoms with van der Waals surface area (Å²) < 4.78 is 0. The van der Waals surface area contributed by atoms with Crippen LogP contribution in [-0.4, -0.2) is 51.6 Å². The average molecular weight is 164 g/mol. The zero-order valence-corrected chi connectivity index (χ0v) is 5.97. The normalized spacial score (nSPS) is 16.0. The van der Waals surface area contributed by atoms with Crippen LogP contribution in [0.15, 0.2) is 0 Å². The molecule has 0 aliphatic carbocycles. The molecule has 0 spiro atoms. The van der Waals surface area contributed by atoms with Crippen molar-refractivity contribution in [2.75, 3.05) is 13.2 Å². The smallest absolute Gasteiger partial charge is 0.192 e. The molecule has 0 saturated carbocycles. The van der Waals surface area contributed by atoms with Gasteiger partial charge in [0.15, 0.2) is 5.78 Å². The van der Waals surface area contributed by atoms with E-state index in [0.717, 1.165) is 0 Å². The number of carbonyl (C=O) groups excluding carboxylic acids is 1. The lowest BCUT2D eigenvalue weighted by Gasteiger charge is -2.10. The van der Waals surface area contributed by atoms with Gasteiger partial charge >= 0.3 is 0 Å². The summed E-state index contributed by atoms with van der Waals surface area (Å²) in [6, 6.07) is 0. The molecule has 5 heteroatoms. The highest BCUT2D eigenvalue weighted by atomic mass is 16.3. The van der Waals surface area contributed by atoms with Gasteiger partial charge in [0.25, 0.3) is 0 Å². The van der Waals surface area contributed by atoms with Gasteiger partial charge in [-0.2, -0.15) is 0 Å². The van der Waals surface area contributed by atoms with E-state index in [1.54, 1.807) is 0 Å². The molecule has 11 heavy (non-hydrogen) atoms. The van der Waals surface area contributed by atoms with E-state index >= 15 is 0 Å². The molecule has 0 amide bonds. The summed E-state index contributed by atoms with van der Waals surface area (Å²) in [6.45, 7) is -1.04. The number of Topliss-reactive ketones (excluding diaryl/α,β-unsaturated/α-hetero) is 1. The molecular weight excluding hydrogens is 152 g/mol. The lowest BCUT2D eigenvalue weighted by Crippen LogP contribution is -2.35. The highest BCUT2D eigenvalue weighted by molar-refractivity contribution is 5.86. The number of aliphatic hydroxyl groups excluding tert-OH is 4. The summed E-state index contributed by atoms with van der Waals surface area (Å²) in [4.78, 5) is 10.7. The fourth-order valence-electron chi connectivity index (χ4n) is 0.577. The Kier molecular flexibility index (Phi) is 4.97. The zero-order chi connectivity index (χ0) is 8.85. The molecule has 4 N–H and O–H groups in total. The second-order valence-electron chi connectivity index (χ2n) is 2.13. The predicted molar refractivity (Wildman–Crippen MR) is 35.8 cm³/mol. The Labute approximate surface area is 63.9 Å². The Morgan fingerprint density at radius 1 is 1.18 bits per heavy atom. The van der Waals surface area contributed by atoms with Gasteiger partial charge < -0.3 is 20.4 Å². The molecule has 0 unspecified atom stereocenters. The Morgan fingerprint density at radius 3 is 2.09 bits per heavy atom. The van der Waals surface area contributed by atoms with Crippen LogP contribution >= 0.6 is 0 Å². The van der Waals surface area contributed by atoms with Crippen molar-refractivity contribution in [3.8, 4) is 0 Å². The van der Waals surface area contributed by atoms with Crippen LogP contribution in [0.5, 0.6) is 0 Å². The van der Waals surface area contributed by atoms with E-state index in [9.17, 15) is 4.79 Å². The predicted octanol–water partition coefficient (Wildman–Crippen LogP) is -2.35. The maximum Gasteiger partial charge on any atom is 0.192 e. The first kappa shape index (κ1) is 10.5. The highest BCUT2D eigenvalue weighted by Gasteiger charge is 2.21. The maximum absolute atomic E-state index is 10.7. The summed E-state index contributed by atoms with van der Waals surface area (Å²) in [7, 11) is 0. The monoisotopic (exact) mass is 164 g/mol. The summed E-state index contributed by atoms with van der Waals surface area (Å²) in [5.41, 5.74) is 0. The van der Waals surface area contributed by atoms with Gasteiger partial charge in [0.2, 0.25) is 0 Å². The molecule has 5 nitrogen and oxygen atoms in total. The standard InChI is InChI=1S/C6H12O5/c7-2-1-4(9)6(11)5(10)3-8/h4-5,7-10H,1-3H2/t4-,5+/m1/s1. The van der Waals surface area contributed by atoms with Crippen molar-refractivity contribution in [2.45, 2.75) is 18.6 Å². The van der Waals surface area contributed by atoms with Crippen LogP contribution in [0, 0.1) is 0 Å². The molecule has 0 radical (unpaired) electrons. The van der Waals surface area contributed by atoms with Crippen LogP contribution in [0.4, 0.5) is 0 Å². The zero-order valence-electron chi connectivity index (χ0n) is 5.97. The van der Waals surface area contributed by atoms with Crippen LogP contribution in [0.1, 0.15) is 6.42 Å². The third-order valence-corrected chi connectivity index (χ3v) is 1.23. The number of ketones is 1. The van der Waals surface area contributed by atoms with Gasteiger partial charge in [0.1, 0.15) is 12.2 Å². The second-order valence-corrected chi connectivity index (χ2v) is 2.13. The first-order chi connectivity index (χ1) is 5.13. The number of hydrogen-bond donors (Lipinski definition) is 4. The van der Waals surface area contributed by atoms with Crippen LogP contribution in [0.2, 0.25) is 0 Å². The molecule has 0 saturated heterocycles. The lowest BCUT2D eigenvalue weighted by molar-refractivity contribution is -0.138. The molecule has 0 aliphatic rings. The van der Waals surface area contributed by atoms with E-state index in [2.05, 4.69) is 0 Å². The molecule has 66 valence electrons. The summed E-state index contributed by atoms with van der Waals surface area (Å²) in [5.74, 6) is -0.860. The van der Waals surface area contributed by atoms with Crippen LogP contribution in [0.25, 0.3) is 0 Å². The first-order valence-electron chi connectivity index (χ1n) is 3.25. The van der Waals surface area contributed by atoms with Crippen molar-refractivity contribution in [3.63, 3.8) is 0 Å². The molecule has 2 atom stereocenters. The van der Waals surface area contributed by atoms with E-state index in [0.29, 0.717) is 0 Å². The summed E-state index contributed by atoms with van der Waals surface area (Å²) >= 11 is 0. The SMILES string of the molecule is O=C([C@H](O)CCO)[C@@H](O)CO. The molecule has 0 aromatic rings. The van der Waals surface area contributed by atoms with Crippen molar-refractivity contribution >= 4 is 5.78 Å².